The van der Waals surface area contributed by atoms with Gasteiger partial charge in [-0.05, 0) is 13.1 Å². The van der Waals surface area contributed by atoms with Crippen molar-refractivity contribution >= 4 is 23.4 Å². The SMILES string of the molecule is CN1CCN(C(=O)c2[nH]nc3ncc(-c4cnoc4)cc23)CC1.O=CO. The molecule has 2 N–H and O–H groups in total. The lowest BCUT2D eigenvalue weighted by atomic mass is 10.1. The van der Waals surface area contributed by atoms with E-state index in [2.05, 4.69) is 32.3 Å². The summed E-state index contributed by atoms with van der Waals surface area (Å²) >= 11 is 0. The number of hydrogen-bond donors (Lipinski definition) is 2. The molecule has 0 atom stereocenters. The second kappa shape index (κ2) is 7.74. The van der Waals surface area contributed by atoms with E-state index < -0.39 is 0 Å². The fraction of sp³-hybridized carbons (Fsp3) is 0.312. The van der Waals surface area contributed by atoms with Gasteiger partial charge in [0, 0.05) is 43.5 Å². The van der Waals surface area contributed by atoms with Gasteiger partial charge in [0.15, 0.2) is 5.65 Å². The molecule has 1 fully saturated rings. The molecule has 0 aliphatic carbocycles. The van der Waals surface area contributed by atoms with Gasteiger partial charge in [-0.1, -0.05) is 5.16 Å². The monoisotopic (exact) mass is 358 g/mol. The van der Waals surface area contributed by atoms with Crippen molar-refractivity contribution in [2.75, 3.05) is 33.2 Å². The lowest BCUT2D eigenvalue weighted by Crippen LogP contribution is -2.47. The number of carbonyl (C=O) groups is 2. The molecule has 0 unspecified atom stereocenters. The molecule has 0 spiro atoms. The van der Waals surface area contributed by atoms with Gasteiger partial charge in [-0.25, -0.2) is 4.98 Å². The third kappa shape index (κ3) is 3.54. The van der Waals surface area contributed by atoms with Crippen LogP contribution in [0, 0.1) is 0 Å². The highest BCUT2D eigenvalue weighted by Crippen LogP contribution is 2.24. The third-order valence-corrected chi connectivity index (χ3v) is 4.18. The van der Waals surface area contributed by atoms with E-state index >= 15 is 0 Å². The maximum Gasteiger partial charge on any atom is 0.290 e. The molecule has 136 valence electrons. The fourth-order valence-corrected chi connectivity index (χ4v) is 2.74. The Hall–Kier alpha value is -3.27. The van der Waals surface area contributed by atoms with E-state index in [0.29, 0.717) is 29.8 Å². The van der Waals surface area contributed by atoms with Crippen LogP contribution in [0.2, 0.25) is 0 Å². The Morgan fingerprint density at radius 2 is 2.00 bits per heavy atom. The zero-order valence-corrected chi connectivity index (χ0v) is 14.1. The van der Waals surface area contributed by atoms with Crippen LogP contribution in [0.3, 0.4) is 0 Å². The molecule has 1 aliphatic rings. The van der Waals surface area contributed by atoms with Crippen LogP contribution in [0.4, 0.5) is 0 Å². The maximum absolute atomic E-state index is 12.8. The van der Waals surface area contributed by atoms with Gasteiger partial charge in [0.25, 0.3) is 12.4 Å². The first-order chi connectivity index (χ1) is 12.6. The summed E-state index contributed by atoms with van der Waals surface area (Å²) < 4.78 is 4.86. The lowest BCUT2D eigenvalue weighted by Gasteiger charge is -2.32. The third-order valence-electron chi connectivity index (χ3n) is 4.18. The van der Waals surface area contributed by atoms with Crippen LogP contribution in [0.1, 0.15) is 10.5 Å². The van der Waals surface area contributed by atoms with E-state index in [1.807, 2.05) is 11.0 Å². The van der Waals surface area contributed by atoms with Crippen LogP contribution >= 0.6 is 0 Å². The molecule has 3 aromatic rings. The number of amides is 1. The number of carbonyl (C=O) groups excluding carboxylic acids is 1. The maximum atomic E-state index is 12.8. The zero-order chi connectivity index (χ0) is 18.5. The Balaban J connectivity index is 0.000000613. The van der Waals surface area contributed by atoms with E-state index in [9.17, 15) is 4.79 Å². The average Bonchev–Trinajstić information content (AvgIpc) is 3.32. The van der Waals surface area contributed by atoms with Crippen molar-refractivity contribution < 1.29 is 19.2 Å². The number of piperazine rings is 1. The molecule has 1 aliphatic heterocycles. The molecule has 1 amide bonds. The van der Waals surface area contributed by atoms with Gasteiger partial charge in [-0.15, -0.1) is 0 Å². The standard InChI is InChI=1S/C15H16N6O2.CH2O2/c1-20-2-4-21(5-3-20)15(22)13-12-6-10(11-8-17-23-9-11)7-16-14(12)19-18-13;2-1-3/h6-9H,2-5H2,1H3,(H,16,18,19);1H,(H,2,3). The number of H-pyrrole nitrogens is 1. The van der Waals surface area contributed by atoms with Crippen molar-refractivity contribution in [3.05, 3.63) is 30.4 Å². The van der Waals surface area contributed by atoms with Gasteiger partial charge < -0.3 is 19.4 Å². The first-order valence-electron chi connectivity index (χ1n) is 7.93. The molecule has 1 saturated heterocycles. The average molecular weight is 358 g/mol. The van der Waals surface area contributed by atoms with E-state index in [1.165, 1.54) is 0 Å². The predicted octanol–water partition coefficient (Wildman–Crippen LogP) is 0.701. The van der Waals surface area contributed by atoms with Gasteiger partial charge in [0.2, 0.25) is 0 Å². The lowest BCUT2D eigenvalue weighted by molar-refractivity contribution is -0.122. The summed E-state index contributed by atoms with van der Waals surface area (Å²) in [5, 5.41) is 18.3. The van der Waals surface area contributed by atoms with Crippen molar-refractivity contribution in [1.82, 2.24) is 30.1 Å². The Bertz CT molecular complexity index is 883. The van der Waals surface area contributed by atoms with Crippen molar-refractivity contribution in [2.24, 2.45) is 0 Å². The minimum absolute atomic E-state index is 0.0372. The van der Waals surface area contributed by atoms with Crippen LogP contribution in [-0.2, 0) is 4.79 Å². The van der Waals surface area contributed by atoms with E-state index in [1.54, 1.807) is 18.7 Å². The summed E-state index contributed by atoms with van der Waals surface area (Å²) in [6, 6.07) is 1.89. The Morgan fingerprint density at radius 3 is 2.65 bits per heavy atom. The number of carboxylic acid groups (broad SMARTS) is 1. The minimum atomic E-state index is -0.250. The number of aromatic amines is 1. The zero-order valence-electron chi connectivity index (χ0n) is 14.1. The molecule has 4 rings (SSSR count). The highest BCUT2D eigenvalue weighted by atomic mass is 16.5. The smallest absolute Gasteiger partial charge is 0.290 e. The number of nitrogens with one attached hydrogen (secondary N) is 1. The second-order valence-electron chi connectivity index (χ2n) is 5.81. The molecule has 10 nitrogen and oxygen atoms in total. The van der Waals surface area contributed by atoms with Gasteiger partial charge in [0.1, 0.15) is 12.0 Å². The summed E-state index contributed by atoms with van der Waals surface area (Å²) in [6.45, 7) is 2.94. The molecular formula is C16H18N6O4. The quantitative estimate of drug-likeness (QED) is 0.641. The summed E-state index contributed by atoms with van der Waals surface area (Å²) in [5.41, 5.74) is 2.67. The molecular weight excluding hydrogens is 340 g/mol. The number of pyridine rings is 1. The van der Waals surface area contributed by atoms with Gasteiger partial charge in [-0.3, -0.25) is 14.7 Å². The van der Waals surface area contributed by atoms with Crippen LogP contribution < -0.4 is 0 Å². The van der Waals surface area contributed by atoms with E-state index in [-0.39, 0.29) is 12.4 Å². The summed E-state index contributed by atoms with van der Waals surface area (Å²) in [7, 11) is 2.06. The van der Waals surface area contributed by atoms with Gasteiger partial charge >= 0.3 is 0 Å². The highest BCUT2D eigenvalue weighted by molar-refractivity contribution is 6.04. The summed E-state index contributed by atoms with van der Waals surface area (Å²) in [6.07, 6.45) is 4.86. The molecule has 10 heteroatoms. The summed E-state index contributed by atoms with van der Waals surface area (Å²) in [5.74, 6) is -0.0372. The number of aromatic nitrogens is 4. The second-order valence-corrected chi connectivity index (χ2v) is 5.81. The molecule has 3 aromatic heterocycles. The highest BCUT2D eigenvalue weighted by Gasteiger charge is 2.24. The van der Waals surface area contributed by atoms with Gasteiger partial charge in [0.05, 0.1) is 11.6 Å². The predicted molar refractivity (Wildman–Crippen MR) is 91.5 cm³/mol. The fourth-order valence-electron chi connectivity index (χ4n) is 2.74. The van der Waals surface area contributed by atoms with Crippen LogP contribution in [0.25, 0.3) is 22.2 Å². The topological polar surface area (TPSA) is 128 Å². The molecule has 0 saturated carbocycles. The first-order valence-corrected chi connectivity index (χ1v) is 7.93. The molecule has 26 heavy (non-hydrogen) atoms. The van der Waals surface area contributed by atoms with Crippen LogP contribution in [0.5, 0.6) is 0 Å². The van der Waals surface area contributed by atoms with E-state index in [0.717, 1.165) is 24.2 Å². The minimum Gasteiger partial charge on any atom is -0.483 e. The largest absolute Gasteiger partial charge is 0.483 e. The van der Waals surface area contributed by atoms with Gasteiger partial charge in [-0.2, -0.15) is 5.10 Å². The number of nitrogens with zero attached hydrogens (tertiary/aromatic N) is 5. The van der Waals surface area contributed by atoms with Crippen LogP contribution in [-0.4, -0.2) is 80.9 Å². The molecule has 0 aromatic carbocycles. The number of hydrogen-bond acceptors (Lipinski definition) is 7. The molecule has 0 bridgehead atoms. The summed E-state index contributed by atoms with van der Waals surface area (Å²) in [4.78, 5) is 29.5. The normalized spacial score (nSPS) is 14.7. The van der Waals surface area contributed by atoms with Crippen molar-refractivity contribution in [3.63, 3.8) is 0 Å². The Morgan fingerprint density at radius 1 is 1.27 bits per heavy atom. The number of fused-ring (bicyclic) bond motifs is 1. The number of rotatable bonds is 2. The van der Waals surface area contributed by atoms with Crippen molar-refractivity contribution in [1.29, 1.82) is 0 Å². The van der Waals surface area contributed by atoms with E-state index in [4.69, 9.17) is 14.4 Å². The molecule has 4 heterocycles. The van der Waals surface area contributed by atoms with Crippen molar-refractivity contribution in [2.45, 2.75) is 0 Å². The van der Waals surface area contributed by atoms with Crippen molar-refractivity contribution in [3.8, 4) is 11.1 Å². The number of likely N-dealkylation sites (N-methyl/N-ethyl adjacent to an activating group) is 1. The Labute approximate surface area is 148 Å². The van der Waals surface area contributed by atoms with Crippen LogP contribution in [0.15, 0.2) is 29.2 Å². The first kappa shape index (κ1) is 17.5. The Kier molecular flexibility index (Phi) is 5.23. The molecule has 0 radical (unpaired) electrons.